The van der Waals surface area contributed by atoms with Gasteiger partial charge in [-0.1, -0.05) is 23.9 Å². The quantitative estimate of drug-likeness (QED) is 0.355. The minimum absolute atomic E-state index is 0.307. The van der Waals surface area contributed by atoms with E-state index in [-0.39, 0.29) is 6.04 Å². The summed E-state index contributed by atoms with van der Waals surface area (Å²) in [6.45, 7) is 2.90. The molecule has 10 heteroatoms. The summed E-state index contributed by atoms with van der Waals surface area (Å²) in [6, 6.07) is -0.307. The number of thioether (sulfide) groups is 2. The van der Waals surface area contributed by atoms with E-state index in [9.17, 15) is 10.2 Å². The Labute approximate surface area is 155 Å². The van der Waals surface area contributed by atoms with E-state index in [1.54, 1.807) is 28.2 Å². The number of hydrogen-bond acceptors (Lipinski definition) is 9. The third kappa shape index (κ3) is 4.02. The molecule has 138 valence electrons. The molecule has 1 saturated carbocycles. The van der Waals surface area contributed by atoms with Crippen LogP contribution in [0.3, 0.4) is 0 Å². The highest BCUT2D eigenvalue weighted by atomic mass is 32.2. The molecular weight excluding hydrogens is 360 g/mol. The summed E-state index contributed by atoms with van der Waals surface area (Å²) >= 11 is 3.35. The number of anilines is 1. The van der Waals surface area contributed by atoms with Crippen molar-refractivity contribution in [1.82, 2.24) is 25.0 Å². The van der Waals surface area contributed by atoms with Crippen LogP contribution in [0.15, 0.2) is 5.16 Å². The minimum Gasteiger partial charge on any atom is -0.390 e. The molecule has 3 N–H and O–H groups in total. The lowest BCUT2D eigenvalue weighted by Gasteiger charge is -2.16. The Morgan fingerprint density at radius 3 is 2.76 bits per heavy atom. The summed E-state index contributed by atoms with van der Waals surface area (Å²) < 4.78 is 1.65. The summed E-state index contributed by atoms with van der Waals surface area (Å²) in [6.07, 6.45) is 2.72. The lowest BCUT2D eigenvalue weighted by Crippen LogP contribution is -2.28. The smallest absolute Gasteiger partial charge is 0.191 e. The van der Waals surface area contributed by atoms with Crippen LogP contribution in [0.25, 0.3) is 11.2 Å². The van der Waals surface area contributed by atoms with Crippen molar-refractivity contribution in [2.75, 3.05) is 29.6 Å². The second-order valence-electron chi connectivity index (χ2n) is 6.03. The molecule has 0 unspecified atom stereocenters. The van der Waals surface area contributed by atoms with Gasteiger partial charge in [0.15, 0.2) is 22.1 Å². The Hall–Kier alpha value is -1.10. The lowest BCUT2D eigenvalue weighted by molar-refractivity contribution is 0.0215. The molecule has 1 fully saturated rings. The van der Waals surface area contributed by atoms with Crippen LogP contribution in [0.1, 0.15) is 32.2 Å². The van der Waals surface area contributed by atoms with E-state index >= 15 is 0 Å². The molecular formula is C15H24N6O2S2. The van der Waals surface area contributed by atoms with Gasteiger partial charge >= 0.3 is 0 Å². The topological polar surface area (TPSA) is 109 Å². The van der Waals surface area contributed by atoms with Crippen molar-refractivity contribution < 1.29 is 10.2 Å². The highest BCUT2D eigenvalue weighted by Crippen LogP contribution is 2.33. The highest BCUT2D eigenvalue weighted by Gasteiger charge is 2.36. The molecule has 0 bridgehead atoms. The first-order valence-electron chi connectivity index (χ1n) is 8.50. The van der Waals surface area contributed by atoms with Gasteiger partial charge in [-0.15, -0.1) is 5.10 Å². The fourth-order valence-electron chi connectivity index (χ4n) is 2.89. The molecule has 1 aliphatic carbocycles. The predicted octanol–water partition coefficient (Wildman–Crippen LogP) is 1.55. The number of aromatic nitrogens is 5. The average molecular weight is 385 g/mol. The Morgan fingerprint density at radius 1 is 1.24 bits per heavy atom. The van der Waals surface area contributed by atoms with Gasteiger partial charge in [0, 0.05) is 18.1 Å². The highest BCUT2D eigenvalue weighted by molar-refractivity contribution is 7.99. The second kappa shape index (κ2) is 8.52. The third-order valence-corrected chi connectivity index (χ3v) is 5.86. The van der Waals surface area contributed by atoms with Crippen molar-refractivity contribution >= 4 is 40.5 Å². The number of rotatable bonds is 8. The second-order valence-corrected chi connectivity index (χ2v) is 8.08. The van der Waals surface area contributed by atoms with Gasteiger partial charge in [-0.25, -0.2) is 14.6 Å². The lowest BCUT2D eigenvalue weighted by atomic mass is 10.2. The molecule has 0 saturated heterocycles. The van der Waals surface area contributed by atoms with Gasteiger partial charge in [-0.3, -0.25) is 0 Å². The number of nitrogens with one attached hydrogen (secondary N) is 1. The molecule has 8 nitrogen and oxygen atoms in total. The van der Waals surface area contributed by atoms with E-state index in [0.29, 0.717) is 35.0 Å². The first-order chi connectivity index (χ1) is 12.2. The predicted molar refractivity (Wildman–Crippen MR) is 101 cm³/mol. The Balaban J connectivity index is 1.97. The first kappa shape index (κ1) is 18.7. The molecule has 2 aromatic rings. The molecule has 0 spiro atoms. The SMILES string of the molecule is CCCSc1nc(NCCSC)c2nnn([C@@H]3CC[C@@H](O)[C@H]3O)c2n1. The molecule has 25 heavy (non-hydrogen) atoms. The number of aliphatic hydroxyl groups excluding tert-OH is 2. The van der Waals surface area contributed by atoms with E-state index in [0.717, 1.165) is 24.5 Å². The summed E-state index contributed by atoms with van der Waals surface area (Å²) in [5.41, 5.74) is 1.22. The van der Waals surface area contributed by atoms with E-state index < -0.39 is 12.2 Å². The zero-order chi connectivity index (χ0) is 17.8. The van der Waals surface area contributed by atoms with Crippen molar-refractivity contribution in [3.63, 3.8) is 0 Å². The number of fused-ring (bicyclic) bond motifs is 1. The largest absolute Gasteiger partial charge is 0.390 e. The van der Waals surface area contributed by atoms with Crippen LogP contribution in [0.5, 0.6) is 0 Å². The van der Waals surface area contributed by atoms with Crippen molar-refractivity contribution in [3.05, 3.63) is 0 Å². The van der Waals surface area contributed by atoms with Gasteiger partial charge in [0.2, 0.25) is 0 Å². The summed E-state index contributed by atoms with van der Waals surface area (Å²) in [4.78, 5) is 9.21. The molecule has 1 aliphatic rings. The standard InChI is InChI=1S/C15H24N6O2S2/c1-3-7-25-15-17-13(16-6-8-24-2)11-14(18-15)21(20-19-11)9-4-5-10(22)12(9)23/h9-10,12,22-23H,3-8H2,1-2H3,(H,16,17,18)/t9-,10-,12+/m1/s1. The summed E-state index contributed by atoms with van der Waals surface area (Å²) in [7, 11) is 0. The van der Waals surface area contributed by atoms with Gasteiger partial charge in [0.1, 0.15) is 6.10 Å². The number of hydrogen-bond donors (Lipinski definition) is 3. The third-order valence-electron chi connectivity index (χ3n) is 4.20. The van der Waals surface area contributed by atoms with E-state index in [2.05, 4.69) is 38.8 Å². The first-order valence-corrected chi connectivity index (χ1v) is 10.9. The minimum atomic E-state index is -0.848. The fourth-order valence-corrected chi connectivity index (χ4v) is 3.89. The maximum atomic E-state index is 10.2. The van der Waals surface area contributed by atoms with Crippen molar-refractivity contribution in [2.45, 2.75) is 49.6 Å². The van der Waals surface area contributed by atoms with Crippen LogP contribution in [-0.2, 0) is 0 Å². The average Bonchev–Trinajstić information content (AvgIpc) is 3.17. The van der Waals surface area contributed by atoms with Crippen LogP contribution in [0.2, 0.25) is 0 Å². The normalized spacial score (nSPS) is 23.4. The maximum absolute atomic E-state index is 10.2. The van der Waals surface area contributed by atoms with Crippen LogP contribution >= 0.6 is 23.5 Å². The zero-order valence-corrected chi connectivity index (χ0v) is 16.1. The zero-order valence-electron chi connectivity index (χ0n) is 14.4. The van der Waals surface area contributed by atoms with Gasteiger partial charge in [-0.2, -0.15) is 11.8 Å². The van der Waals surface area contributed by atoms with Crippen molar-refractivity contribution in [3.8, 4) is 0 Å². The molecule has 0 aromatic carbocycles. The Kier molecular flexibility index (Phi) is 6.37. The summed E-state index contributed by atoms with van der Waals surface area (Å²) in [5, 5.41) is 32.5. The van der Waals surface area contributed by atoms with Gasteiger partial charge in [-0.05, 0) is 25.5 Å². The fraction of sp³-hybridized carbons (Fsp3) is 0.733. The monoisotopic (exact) mass is 384 g/mol. The molecule has 0 aliphatic heterocycles. The molecule has 2 heterocycles. The van der Waals surface area contributed by atoms with E-state index in [4.69, 9.17) is 0 Å². The maximum Gasteiger partial charge on any atom is 0.191 e. The van der Waals surface area contributed by atoms with Crippen LogP contribution in [0.4, 0.5) is 5.82 Å². The molecule has 3 atom stereocenters. The van der Waals surface area contributed by atoms with E-state index in [1.165, 1.54) is 0 Å². The molecule has 2 aromatic heterocycles. The van der Waals surface area contributed by atoms with Gasteiger partial charge in [0.25, 0.3) is 0 Å². The van der Waals surface area contributed by atoms with Crippen LogP contribution in [0, 0.1) is 0 Å². The Bertz CT molecular complexity index is 713. The molecule has 3 rings (SSSR count). The molecule has 0 radical (unpaired) electrons. The van der Waals surface area contributed by atoms with Crippen molar-refractivity contribution in [1.29, 1.82) is 0 Å². The van der Waals surface area contributed by atoms with Gasteiger partial charge < -0.3 is 15.5 Å². The number of nitrogens with zero attached hydrogens (tertiary/aromatic N) is 5. The van der Waals surface area contributed by atoms with Crippen LogP contribution < -0.4 is 5.32 Å². The van der Waals surface area contributed by atoms with Gasteiger partial charge in [0.05, 0.1) is 12.1 Å². The van der Waals surface area contributed by atoms with Crippen LogP contribution in [-0.4, -0.2) is 71.7 Å². The Morgan fingerprint density at radius 2 is 2.08 bits per heavy atom. The van der Waals surface area contributed by atoms with Crippen molar-refractivity contribution in [2.24, 2.45) is 0 Å². The molecule has 0 amide bonds. The van der Waals surface area contributed by atoms with E-state index in [1.807, 2.05) is 0 Å². The summed E-state index contributed by atoms with van der Waals surface area (Å²) in [5.74, 6) is 2.57. The number of aliphatic hydroxyl groups is 2.